The van der Waals surface area contributed by atoms with Crippen LogP contribution in [0.5, 0.6) is 11.6 Å². The van der Waals surface area contributed by atoms with E-state index in [1.54, 1.807) is 41.0 Å². The number of aromatic nitrogens is 6. The number of ether oxygens (including phenoxy) is 2. The maximum atomic E-state index is 14.3. The molecular weight excluding hydrogens is 634 g/mol. The van der Waals surface area contributed by atoms with Crippen LogP contribution in [0.2, 0.25) is 0 Å². The Labute approximate surface area is 279 Å². The summed E-state index contributed by atoms with van der Waals surface area (Å²) < 4.78 is 19.3. The van der Waals surface area contributed by atoms with Crippen molar-refractivity contribution in [2.24, 2.45) is 0 Å². The second-order valence-corrected chi connectivity index (χ2v) is 13.0. The standard InChI is InChI=1S/C33H35N9O7/c1-4-21-26(39-9-11-40(12-10-39)29(45)25-22(43)6-5-20-27(25)49-18-35-20)30(46)42-31(36-28(38-42)19-7-8-34-24(13-19)47-2)41(21)14-23(44)37-32-15-33(16-32,17-32)48-3/h5-8,13,18,43H,4,9-12,14-17H2,1-3H3,(H,37,44). The number of pyridine rings is 1. The number of nitrogens with zero attached hydrogens (tertiary/aromatic N) is 8. The zero-order valence-corrected chi connectivity index (χ0v) is 27.3. The van der Waals surface area contributed by atoms with Crippen LogP contribution in [0.3, 0.4) is 0 Å². The van der Waals surface area contributed by atoms with Gasteiger partial charge in [0.05, 0.1) is 18.4 Å². The third kappa shape index (κ3) is 4.88. The lowest BCUT2D eigenvalue weighted by molar-refractivity contribution is -0.237. The van der Waals surface area contributed by atoms with E-state index in [1.165, 1.54) is 24.1 Å². The first-order valence-electron chi connectivity index (χ1n) is 16.2. The van der Waals surface area contributed by atoms with Gasteiger partial charge in [0.2, 0.25) is 17.6 Å². The molecular formula is C33H35N9O7. The van der Waals surface area contributed by atoms with E-state index in [1.807, 2.05) is 11.8 Å². The van der Waals surface area contributed by atoms with E-state index >= 15 is 0 Å². The predicted octanol–water partition coefficient (Wildman–Crippen LogP) is 1.77. The zero-order valence-electron chi connectivity index (χ0n) is 27.3. The quantitative estimate of drug-likeness (QED) is 0.232. The summed E-state index contributed by atoms with van der Waals surface area (Å²) in [6.45, 7) is 3.05. The number of anilines is 1. The number of oxazole rings is 1. The molecule has 2 amide bonds. The number of nitrogens with one attached hydrogen (secondary N) is 1. The molecule has 1 aliphatic heterocycles. The Morgan fingerprint density at radius 3 is 2.57 bits per heavy atom. The minimum Gasteiger partial charge on any atom is -0.507 e. The third-order valence-corrected chi connectivity index (χ3v) is 10.1. The van der Waals surface area contributed by atoms with E-state index < -0.39 is 5.91 Å². The summed E-state index contributed by atoms with van der Waals surface area (Å²) in [5.41, 5.74) is 1.59. The molecule has 0 unspecified atom stereocenters. The van der Waals surface area contributed by atoms with Gasteiger partial charge in [-0.3, -0.25) is 14.4 Å². The maximum Gasteiger partial charge on any atom is 0.299 e. The highest BCUT2D eigenvalue weighted by Gasteiger charge is 2.69. The molecule has 0 radical (unpaired) electrons. The van der Waals surface area contributed by atoms with Gasteiger partial charge in [-0.1, -0.05) is 6.92 Å². The van der Waals surface area contributed by atoms with E-state index in [-0.39, 0.29) is 70.7 Å². The molecule has 16 nitrogen and oxygen atoms in total. The van der Waals surface area contributed by atoms with Gasteiger partial charge in [0.25, 0.3) is 11.5 Å². The lowest BCUT2D eigenvalue weighted by atomic mass is 9.46. The fourth-order valence-electron chi connectivity index (χ4n) is 7.65. The molecule has 254 valence electrons. The second-order valence-electron chi connectivity index (χ2n) is 13.0. The highest BCUT2D eigenvalue weighted by Crippen LogP contribution is 2.62. The van der Waals surface area contributed by atoms with Crippen LogP contribution in [-0.2, 0) is 22.5 Å². The van der Waals surface area contributed by atoms with Crippen LogP contribution >= 0.6 is 0 Å². The number of amides is 2. The number of rotatable bonds is 9. The molecule has 1 aromatic carbocycles. The Kier molecular flexibility index (Phi) is 7.10. The Balaban J connectivity index is 1.14. The van der Waals surface area contributed by atoms with Crippen molar-refractivity contribution in [3.63, 3.8) is 0 Å². The van der Waals surface area contributed by atoms with Crippen LogP contribution in [0.15, 0.2) is 46.1 Å². The largest absolute Gasteiger partial charge is 0.507 e. The lowest BCUT2D eigenvalue weighted by Crippen LogP contribution is -2.79. The van der Waals surface area contributed by atoms with Crippen LogP contribution < -0.4 is 20.5 Å². The third-order valence-electron chi connectivity index (χ3n) is 10.1. The van der Waals surface area contributed by atoms with E-state index in [0.717, 1.165) is 19.3 Å². The van der Waals surface area contributed by atoms with Gasteiger partial charge in [0.1, 0.15) is 29.1 Å². The summed E-state index contributed by atoms with van der Waals surface area (Å²) in [7, 11) is 3.21. The first-order valence-corrected chi connectivity index (χ1v) is 16.2. The summed E-state index contributed by atoms with van der Waals surface area (Å²) in [5, 5.41) is 18.4. The molecule has 49 heavy (non-hydrogen) atoms. The molecule has 4 aliphatic rings. The molecule has 3 aliphatic carbocycles. The Hall–Kier alpha value is -5.51. The minimum atomic E-state index is -0.391. The van der Waals surface area contributed by atoms with Crippen molar-refractivity contribution in [1.82, 2.24) is 39.3 Å². The number of phenols is 1. The van der Waals surface area contributed by atoms with Crippen LogP contribution in [0.4, 0.5) is 5.69 Å². The number of phenolic OH excluding ortho intramolecular Hbond substituents is 1. The number of carbonyl (C=O) groups is 2. The van der Waals surface area contributed by atoms with Crippen molar-refractivity contribution < 1.29 is 28.6 Å². The molecule has 2 bridgehead atoms. The average Bonchev–Trinajstić information content (AvgIpc) is 3.75. The van der Waals surface area contributed by atoms with Crippen molar-refractivity contribution in [2.45, 2.75) is 50.3 Å². The van der Waals surface area contributed by atoms with Crippen molar-refractivity contribution in [1.29, 1.82) is 0 Å². The van der Waals surface area contributed by atoms with Gasteiger partial charge in [-0.15, -0.1) is 5.10 Å². The van der Waals surface area contributed by atoms with Crippen molar-refractivity contribution >= 4 is 34.4 Å². The molecule has 16 heteroatoms. The normalized spacial score (nSPS) is 21.4. The fraction of sp³-hybridized carbons (Fsp3) is 0.424. The number of hydrogen-bond donors (Lipinski definition) is 2. The van der Waals surface area contributed by atoms with Crippen LogP contribution in [0, 0.1) is 0 Å². The number of hydrogen-bond acceptors (Lipinski definition) is 12. The van der Waals surface area contributed by atoms with Crippen LogP contribution in [-0.4, -0.2) is 102 Å². The van der Waals surface area contributed by atoms with Gasteiger partial charge in [0, 0.05) is 56.7 Å². The second kappa shape index (κ2) is 11.3. The maximum absolute atomic E-state index is 14.3. The molecule has 5 heterocycles. The average molecular weight is 670 g/mol. The van der Waals surface area contributed by atoms with Gasteiger partial charge >= 0.3 is 0 Å². The molecule has 9 rings (SSSR count). The van der Waals surface area contributed by atoms with Gasteiger partial charge in [-0.05, 0) is 43.9 Å². The Morgan fingerprint density at radius 1 is 1.08 bits per heavy atom. The van der Waals surface area contributed by atoms with Crippen LogP contribution in [0.1, 0.15) is 42.2 Å². The monoisotopic (exact) mass is 669 g/mol. The smallest absolute Gasteiger partial charge is 0.299 e. The lowest BCUT2D eigenvalue weighted by Gasteiger charge is -2.69. The van der Waals surface area contributed by atoms with E-state index in [0.29, 0.717) is 47.9 Å². The summed E-state index contributed by atoms with van der Waals surface area (Å²) in [4.78, 5) is 58.0. The first kappa shape index (κ1) is 30.8. The van der Waals surface area contributed by atoms with Gasteiger partial charge in [-0.2, -0.15) is 9.50 Å². The fourth-order valence-corrected chi connectivity index (χ4v) is 7.65. The molecule has 4 aromatic heterocycles. The number of carbonyl (C=O) groups excluding carboxylic acids is 2. The Bertz CT molecular complexity index is 2180. The highest BCUT2D eigenvalue weighted by molar-refractivity contribution is 6.06. The molecule has 0 spiro atoms. The van der Waals surface area contributed by atoms with Crippen LogP contribution in [0.25, 0.3) is 28.3 Å². The molecule has 0 atom stereocenters. The zero-order chi connectivity index (χ0) is 34.1. The summed E-state index contributed by atoms with van der Waals surface area (Å²) in [5.74, 6) is 0.112. The number of piperazine rings is 1. The Morgan fingerprint density at radius 2 is 1.86 bits per heavy atom. The van der Waals surface area contributed by atoms with Crippen molar-refractivity contribution in [2.75, 3.05) is 45.3 Å². The highest BCUT2D eigenvalue weighted by atomic mass is 16.5. The number of benzene rings is 1. The van der Waals surface area contributed by atoms with Crippen molar-refractivity contribution in [3.8, 4) is 23.0 Å². The van der Waals surface area contributed by atoms with Gasteiger partial charge in [-0.25, -0.2) is 9.97 Å². The van der Waals surface area contributed by atoms with E-state index in [9.17, 15) is 19.5 Å². The molecule has 4 fully saturated rings. The minimum absolute atomic E-state index is 0.0514. The first-order chi connectivity index (χ1) is 23.7. The number of methoxy groups -OCH3 is 2. The van der Waals surface area contributed by atoms with Gasteiger partial charge < -0.3 is 38.7 Å². The molecule has 2 N–H and O–H groups in total. The topological polar surface area (TPSA) is 182 Å². The number of fused-ring (bicyclic) bond motifs is 2. The molecule has 3 saturated carbocycles. The molecule has 5 aromatic rings. The summed E-state index contributed by atoms with van der Waals surface area (Å²) >= 11 is 0. The van der Waals surface area contributed by atoms with Crippen molar-refractivity contribution in [3.05, 3.63) is 58.5 Å². The summed E-state index contributed by atoms with van der Waals surface area (Å²) in [6, 6.07) is 6.41. The SMILES string of the molecule is CCc1c(N2CCN(C(=O)c3c(O)ccc4ncoc34)CC2)c(=O)n2nc(-c3ccnc(OC)c3)nc2n1CC(=O)NC12CC(OC)(C1)C2. The number of aromatic hydroxyl groups is 1. The molecule has 1 saturated heterocycles. The van der Waals surface area contributed by atoms with Gasteiger partial charge in [0.15, 0.2) is 17.8 Å². The van der Waals surface area contributed by atoms with E-state index in [4.69, 9.17) is 18.9 Å². The van der Waals surface area contributed by atoms with E-state index in [2.05, 4.69) is 20.4 Å². The summed E-state index contributed by atoms with van der Waals surface area (Å²) in [6.07, 6.45) is 5.56. The predicted molar refractivity (Wildman–Crippen MR) is 175 cm³/mol.